The summed E-state index contributed by atoms with van der Waals surface area (Å²) in [4.78, 5) is 0. The first-order chi connectivity index (χ1) is 6.22. The summed E-state index contributed by atoms with van der Waals surface area (Å²) in [7, 11) is 1.63. The Morgan fingerprint density at radius 2 is 2.38 bits per heavy atom. The molecule has 2 rings (SSSR count). The molecular formula is C9H10BrNO2. The maximum absolute atomic E-state index is 5.82. The molecule has 1 atom stereocenters. The molecule has 0 aromatic heterocycles. The Morgan fingerprint density at radius 1 is 1.62 bits per heavy atom. The van der Waals surface area contributed by atoms with Crippen LogP contribution >= 0.6 is 15.9 Å². The molecule has 0 amide bonds. The Balaban J connectivity index is 2.51. The Kier molecular flexibility index (Phi) is 2.17. The maximum Gasteiger partial charge on any atom is 0.133 e. The van der Waals surface area contributed by atoms with E-state index in [1.807, 2.05) is 12.1 Å². The molecule has 1 aliphatic heterocycles. The van der Waals surface area contributed by atoms with Crippen molar-refractivity contribution in [3.63, 3.8) is 0 Å². The van der Waals surface area contributed by atoms with Gasteiger partial charge in [0.1, 0.15) is 18.1 Å². The normalized spacial score (nSPS) is 19.5. The van der Waals surface area contributed by atoms with Crippen LogP contribution in [0.2, 0.25) is 0 Å². The van der Waals surface area contributed by atoms with Crippen molar-refractivity contribution in [3.8, 4) is 11.5 Å². The fraction of sp³-hybridized carbons (Fsp3) is 0.333. The number of ether oxygens (including phenoxy) is 2. The third-order valence-corrected chi connectivity index (χ3v) is 2.72. The molecular weight excluding hydrogens is 234 g/mol. The highest BCUT2D eigenvalue weighted by molar-refractivity contribution is 9.10. The topological polar surface area (TPSA) is 44.5 Å². The Hall–Kier alpha value is -0.740. The first-order valence-electron chi connectivity index (χ1n) is 3.98. The summed E-state index contributed by atoms with van der Waals surface area (Å²) in [5.41, 5.74) is 6.84. The largest absolute Gasteiger partial charge is 0.496 e. The minimum atomic E-state index is -0.0306. The van der Waals surface area contributed by atoms with Crippen LogP contribution in [0.25, 0.3) is 0 Å². The fourth-order valence-electron chi connectivity index (χ4n) is 1.39. The summed E-state index contributed by atoms with van der Waals surface area (Å²) in [5.74, 6) is 1.64. The first-order valence-corrected chi connectivity index (χ1v) is 4.77. The summed E-state index contributed by atoms with van der Waals surface area (Å²) in [6.07, 6.45) is 0. The molecule has 1 aromatic rings. The van der Waals surface area contributed by atoms with Crippen LogP contribution in [0.1, 0.15) is 11.6 Å². The first kappa shape index (κ1) is 8.84. The van der Waals surface area contributed by atoms with Crippen molar-refractivity contribution in [1.29, 1.82) is 0 Å². The highest BCUT2D eigenvalue weighted by atomic mass is 79.9. The average molecular weight is 244 g/mol. The summed E-state index contributed by atoms with van der Waals surface area (Å²) >= 11 is 3.38. The van der Waals surface area contributed by atoms with Crippen LogP contribution in [-0.4, -0.2) is 13.7 Å². The lowest BCUT2D eigenvalue weighted by Crippen LogP contribution is -2.10. The molecule has 1 aromatic carbocycles. The predicted octanol–water partition coefficient (Wildman–Crippen LogP) is 1.85. The van der Waals surface area contributed by atoms with Crippen molar-refractivity contribution in [3.05, 3.63) is 22.2 Å². The van der Waals surface area contributed by atoms with Crippen molar-refractivity contribution < 1.29 is 9.47 Å². The van der Waals surface area contributed by atoms with E-state index < -0.39 is 0 Å². The predicted molar refractivity (Wildman–Crippen MR) is 53.1 cm³/mol. The van der Waals surface area contributed by atoms with E-state index >= 15 is 0 Å². The van der Waals surface area contributed by atoms with Gasteiger partial charge in [-0.1, -0.05) is 0 Å². The van der Waals surface area contributed by atoms with Gasteiger partial charge in [-0.2, -0.15) is 0 Å². The van der Waals surface area contributed by atoms with E-state index in [4.69, 9.17) is 15.2 Å². The lowest BCUT2D eigenvalue weighted by atomic mass is 10.1. The van der Waals surface area contributed by atoms with E-state index in [9.17, 15) is 0 Å². The van der Waals surface area contributed by atoms with E-state index in [0.717, 1.165) is 21.5 Å². The highest BCUT2D eigenvalue weighted by Gasteiger charge is 2.22. The van der Waals surface area contributed by atoms with Gasteiger partial charge in [0.25, 0.3) is 0 Å². The Bertz CT molecular complexity index is 341. The van der Waals surface area contributed by atoms with Gasteiger partial charge in [-0.15, -0.1) is 0 Å². The van der Waals surface area contributed by atoms with Gasteiger partial charge in [0.15, 0.2) is 0 Å². The molecule has 13 heavy (non-hydrogen) atoms. The van der Waals surface area contributed by atoms with E-state index in [1.165, 1.54) is 0 Å². The van der Waals surface area contributed by atoms with Crippen LogP contribution in [0.3, 0.4) is 0 Å². The quantitative estimate of drug-likeness (QED) is 0.819. The van der Waals surface area contributed by atoms with Gasteiger partial charge < -0.3 is 15.2 Å². The van der Waals surface area contributed by atoms with Crippen LogP contribution in [0, 0.1) is 0 Å². The van der Waals surface area contributed by atoms with E-state index in [-0.39, 0.29) is 6.04 Å². The average Bonchev–Trinajstić information content (AvgIpc) is 2.46. The smallest absolute Gasteiger partial charge is 0.133 e. The molecule has 0 fully saturated rings. The molecule has 2 N–H and O–H groups in total. The molecule has 0 bridgehead atoms. The molecule has 0 saturated heterocycles. The number of halogens is 1. The van der Waals surface area contributed by atoms with E-state index in [1.54, 1.807) is 7.11 Å². The number of rotatable bonds is 1. The van der Waals surface area contributed by atoms with Crippen molar-refractivity contribution in [2.45, 2.75) is 6.04 Å². The van der Waals surface area contributed by atoms with Gasteiger partial charge in [-0.25, -0.2) is 0 Å². The molecule has 0 saturated carbocycles. The third kappa shape index (κ3) is 1.40. The minimum Gasteiger partial charge on any atom is -0.496 e. The molecule has 70 valence electrons. The summed E-state index contributed by atoms with van der Waals surface area (Å²) in [6, 6.07) is 3.77. The molecule has 0 spiro atoms. The van der Waals surface area contributed by atoms with Crippen molar-refractivity contribution in [2.75, 3.05) is 13.7 Å². The van der Waals surface area contributed by atoms with Gasteiger partial charge in [-0.3, -0.25) is 0 Å². The molecule has 1 heterocycles. The molecule has 0 aliphatic carbocycles. The lowest BCUT2D eigenvalue weighted by Gasteiger charge is -2.06. The second-order valence-corrected chi connectivity index (χ2v) is 3.80. The van der Waals surface area contributed by atoms with Crippen LogP contribution < -0.4 is 15.2 Å². The van der Waals surface area contributed by atoms with Gasteiger partial charge in [0.2, 0.25) is 0 Å². The summed E-state index contributed by atoms with van der Waals surface area (Å²) in [5, 5.41) is 0. The minimum absolute atomic E-state index is 0.0306. The zero-order chi connectivity index (χ0) is 9.42. The van der Waals surface area contributed by atoms with Crippen LogP contribution in [0.5, 0.6) is 11.5 Å². The second-order valence-electron chi connectivity index (χ2n) is 2.94. The number of methoxy groups -OCH3 is 1. The van der Waals surface area contributed by atoms with Crippen molar-refractivity contribution in [1.82, 2.24) is 0 Å². The maximum atomic E-state index is 5.82. The van der Waals surface area contributed by atoms with Crippen LogP contribution in [-0.2, 0) is 0 Å². The van der Waals surface area contributed by atoms with E-state index in [2.05, 4.69) is 15.9 Å². The SMILES string of the molecule is COc1cc2c(cc1Br)OCC2N. The summed E-state index contributed by atoms with van der Waals surface area (Å²) in [6.45, 7) is 0.551. The molecule has 4 heteroatoms. The monoisotopic (exact) mass is 243 g/mol. The molecule has 0 radical (unpaired) electrons. The van der Waals surface area contributed by atoms with Gasteiger partial charge >= 0.3 is 0 Å². The van der Waals surface area contributed by atoms with Crippen LogP contribution in [0.4, 0.5) is 0 Å². The number of fused-ring (bicyclic) bond motifs is 1. The number of hydrogen-bond donors (Lipinski definition) is 1. The Labute approximate surface area is 85.0 Å². The standard InChI is InChI=1S/C9H10BrNO2/c1-12-9-2-5-7(11)4-13-8(5)3-6(9)10/h2-3,7H,4,11H2,1H3. The highest BCUT2D eigenvalue weighted by Crippen LogP contribution is 2.38. The number of benzene rings is 1. The fourth-order valence-corrected chi connectivity index (χ4v) is 1.88. The number of nitrogens with two attached hydrogens (primary N) is 1. The van der Waals surface area contributed by atoms with Gasteiger partial charge in [0.05, 0.1) is 17.6 Å². The van der Waals surface area contributed by atoms with Gasteiger partial charge in [0, 0.05) is 5.56 Å². The van der Waals surface area contributed by atoms with Crippen LogP contribution in [0.15, 0.2) is 16.6 Å². The molecule has 3 nitrogen and oxygen atoms in total. The zero-order valence-electron chi connectivity index (χ0n) is 7.21. The lowest BCUT2D eigenvalue weighted by molar-refractivity contribution is 0.333. The second kappa shape index (κ2) is 3.20. The van der Waals surface area contributed by atoms with Crippen molar-refractivity contribution in [2.24, 2.45) is 5.73 Å². The number of hydrogen-bond acceptors (Lipinski definition) is 3. The molecule has 1 unspecified atom stereocenters. The third-order valence-electron chi connectivity index (χ3n) is 2.10. The van der Waals surface area contributed by atoms with Gasteiger partial charge in [-0.05, 0) is 28.1 Å². The summed E-state index contributed by atoms with van der Waals surface area (Å²) < 4.78 is 11.4. The molecule has 1 aliphatic rings. The zero-order valence-corrected chi connectivity index (χ0v) is 8.80. The Morgan fingerprint density at radius 3 is 3.08 bits per heavy atom. The van der Waals surface area contributed by atoms with Crippen molar-refractivity contribution >= 4 is 15.9 Å². The van der Waals surface area contributed by atoms with E-state index in [0.29, 0.717) is 6.61 Å².